The number of imide groups is 1. The number of rotatable bonds is 6. The summed E-state index contributed by atoms with van der Waals surface area (Å²) in [5.41, 5.74) is 2.79. The molecule has 0 saturated carbocycles. The maximum Gasteiger partial charge on any atom is 0.429 e. The van der Waals surface area contributed by atoms with Crippen molar-refractivity contribution in [2.75, 3.05) is 4.90 Å². The van der Waals surface area contributed by atoms with Gasteiger partial charge in [-0.3, -0.25) is 0 Å². The van der Waals surface area contributed by atoms with E-state index in [4.69, 9.17) is 9.47 Å². The van der Waals surface area contributed by atoms with Crippen LogP contribution in [0.5, 0.6) is 11.5 Å². The first kappa shape index (κ1) is 23.2. The van der Waals surface area contributed by atoms with Gasteiger partial charge < -0.3 is 9.47 Å². The third-order valence-corrected chi connectivity index (χ3v) is 4.98. The molecule has 4 rings (SSSR count). The van der Waals surface area contributed by atoms with Crippen LogP contribution in [0.2, 0.25) is 0 Å². The Hall–Kier alpha value is -5.00. The Labute approximate surface area is 201 Å². The molecule has 0 atom stereocenters. The largest absolute Gasteiger partial charge is 0.429 e. The summed E-state index contributed by atoms with van der Waals surface area (Å²) in [5, 5.41) is 0. The molecule has 0 saturated heterocycles. The summed E-state index contributed by atoms with van der Waals surface area (Å²) in [6, 6.07) is 31.1. The second kappa shape index (κ2) is 11.2. The summed E-state index contributed by atoms with van der Waals surface area (Å²) in [6.07, 6.45) is 0.334. The van der Waals surface area contributed by atoms with Crippen molar-refractivity contribution in [3.05, 3.63) is 120 Å². The van der Waals surface area contributed by atoms with E-state index in [2.05, 4.69) is 4.99 Å². The van der Waals surface area contributed by atoms with E-state index in [0.29, 0.717) is 29.3 Å². The molecule has 0 radical (unpaired) electrons. The minimum absolute atomic E-state index is 0.297. The van der Waals surface area contributed by atoms with Crippen LogP contribution in [-0.4, -0.2) is 18.3 Å². The molecular formula is C28H20N2O5. The number of anilines is 1. The van der Waals surface area contributed by atoms with Gasteiger partial charge in [-0.05, 0) is 66.1 Å². The Morgan fingerprint density at radius 3 is 1.57 bits per heavy atom. The van der Waals surface area contributed by atoms with Crippen molar-refractivity contribution < 1.29 is 23.9 Å². The van der Waals surface area contributed by atoms with Gasteiger partial charge in [-0.15, -0.1) is 0 Å². The second-order valence-electron chi connectivity index (χ2n) is 7.41. The zero-order chi connectivity index (χ0) is 24.5. The Morgan fingerprint density at radius 1 is 0.657 bits per heavy atom. The quantitative estimate of drug-likeness (QED) is 0.242. The van der Waals surface area contributed by atoms with Crippen LogP contribution in [0.1, 0.15) is 11.1 Å². The van der Waals surface area contributed by atoms with Gasteiger partial charge in [0, 0.05) is 0 Å². The molecular weight excluding hydrogens is 444 g/mol. The third kappa shape index (κ3) is 6.28. The van der Waals surface area contributed by atoms with Gasteiger partial charge in [-0.1, -0.05) is 60.7 Å². The maximum absolute atomic E-state index is 13.0. The summed E-state index contributed by atoms with van der Waals surface area (Å²) in [7, 11) is 0. The van der Waals surface area contributed by atoms with Crippen molar-refractivity contribution in [3.63, 3.8) is 0 Å². The molecule has 0 N–H and O–H groups in total. The molecule has 4 aromatic carbocycles. The highest BCUT2D eigenvalue weighted by Crippen LogP contribution is 2.22. The number of nitrogens with zero attached hydrogens (tertiary/aromatic N) is 2. The van der Waals surface area contributed by atoms with Gasteiger partial charge in [0.15, 0.2) is 0 Å². The number of carbonyl (C=O) groups excluding carboxylic acids is 3. The van der Waals surface area contributed by atoms with Crippen LogP contribution in [0.25, 0.3) is 0 Å². The third-order valence-electron chi connectivity index (χ3n) is 4.98. The van der Waals surface area contributed by atoms with E-state index in [1.807, 2.05) is 24.3 Å². The van der Waals surface area contributed by atoms with Crippen LogP contribution in [-0.2, 0) is 11.2 Å². The molecule has 0 aliphatic rings. The first-order valence-electron chi connectivity index (χ1n) is 10.7. The predicted octanol–water partition coefficient (Wildman–Crippen LogP) is 6.45. The molecule has 7 heteroatoms. The minimum atomic E-state index is -0.892. The van der Waals surface area contributed by atoms with E-state index >= 15 is 0 Å². The average Bonchev–Trinajstić information content (AvgIpc) is 2.88. The van der Waals surface area contributed by atoms with Gasteiger partial charge >= 0.3 is 12.2 Å². The molecule has 7 nitrogen and oxygen atoms in total. The zero-order valence-corrected chi connectivity index (χ0v) is 18.5. The highest BCUT2D eigenvalue weighted by Gasteiger charge is 2.28. The lowest BCUT2D eigenvalue weighted by molar-refractivity contribution is 0.191. The van der Waals surface area contributed by atoms with Gasteiger partial charge in [0.25, 0.3) is 0 Å². The highest BCUT2D eigenvalue weighted by molar-refractivity contribution is 6.10. The van der Waals surface area contributed by atoms with E-state index in [9.17, 15) is 14.4 Å². The van der Waals surface area contributed by atoms with Crippen molar-refractivity contribution in [3.8, 4) is 11.5 Å². The van der Waals surface area contributed by atoms with E-state index in [0.717, 1.165) is 16.0 Å². The molecule has 0 aliphatic heterocycles. The van der Waals surface area contributed by atoms with Crippen molar-refractivity contribution in [2.45, 2.75) is 6.42 Å². The van der Waals surface area contributed by atoms with Crippen LogP contribution in [0.15, 0.2) is 114 Å². The van der Waals surface area contributed by atoms with Crippen molar-refractivity contribution in [2.24, 2.45) is 4.99 Å². The van der Waals surface area contributed by atoms with Gasteiger partial charge in [0.2, 0.25) is 6.08 Å². The van der Waals surface area contributed by atoms with Gasteiger partial charge in [-0.2, -0.15) is 9.89 Å². The summed E-state index contributed by atoms with van der Waals surface area (Å²) >= 11 is 0. The van der Waals surface area contributed by atoms with Gasteiger partial charge in [0.05, 0.1) is 11.4 Å². The summed E-state index contributed by atoms with van der Waals surface area (Å²) in [4.78, 5) is 40.7. The number of ether oxygens (including phenoxy) is 2. The SMILES string of the molecule is O=C=Nc1ccc(Cc2ccc(N(C(=O)Oc3ccccc3)C(=O)Oc3ccccc3)cc2)cc1. The Morgan fingerprint density at radius 2 is 1.11 bits per heavy atom. The van der Waals surface area contributed by atoms with E-state index in [1.54, 1.807) is 84.9 Å². The Kier molecular flexibility index (Phi) is 7.43. The maximum atomic E-state index is 13.0. The fourth-order valence-electron chi connectivity index (χ4n) is 3.29. The fourth-order valence-corrected chi connectivity index (χ4v) is 3.29. The van der Waals surface area contributed by atoms with Crippen LogP contribution < -0.4 is 14.4 Å². The van der Waals surface area contributed by atoms with E-state index < -0.39 is 12.2 Å². The standard InChI is InChI=1S/C28H20N2O5/c31-20-29-23-15-11-21(12-16-23)19-22-13-17-24(18-14-22)30(27(32)34-25-7-3-1-4-8-25)28(33)35-26-9-5-2-6-10-26/h1-18H,19H2. The Bertz CT molecular complexity index is 1280. The average molecular weight is 464 g/mol. The number of hydrogen-bond acceptors (Lipinski definition) is 6. The first-order valence-corrected chi connectivity index (χ1v) is 10.7. The number of hydrogen-bond donors (Lipinski definition) is 0. The lowest BCUT2D eigenvalue weighted by Gasteiger charge is -2.20. The summed E-state index contributed by atoms with van der Waals surface area (Å²) in [6.45, 7) is 0. The highest BCUT2D eigenvalue weighted by atomic mass is 16.6. The molecule has 172 valence electrons. The molecule has 0 aromatic heterocycles. The van der Waals surface area contributed by atoms with Gasteiger partial charge in [-0.25, -0.2) is 14.4 Å². The van der Waals surface area contributed by atoms with Crippen LogP contribution in [0.3, 0.4) is 0 Å². The lowest BCUT2D eigenvalue weighted by atomic mass is 10.0. The van der Waals surface area contributed by atoms with Crippen LogP contribution in [0, 0.1) is 0 Å². The number of benzene rings is 4. The number of amides is 2. The Balaban J connectivity index is 1.55. The molecule has 35 heavy (non-hydrogen) atoms. The molecule has 4 aromatic rings. The lowest BCUT2D eigenvalue weighted by Crippen LogP contribution is -2.41. The zero-order valence-electron chi connectivity index (χ0n) is 18.5. The van der Waals surface area contributed by atoms with Crippen molar-refractivity contribution >= 4 is 29.6 Å². The molecule has 0 fully saturated rings. The molecule has 0 bridgehead atoms. The fraction of sp³-hybridized carbons (Fsp3) is 0.0357. The van der Waals surface area contributed by atoms with Crippen LogP contribution in [0.4, 0.5) is 21.0 Å². The number of para-hydroxylation sites is 2. The number of isocyanates is 1. The minimum Gasteiger partial charge on any atom is -0.410 e. The van der Waals surface area contributed by atoms with Crippen molar-refractivity contribution in [1.82, 2.24) is 0 Å². The van der Waals surface area contributed by atoms with E-state index in [-0.39, 0.29) is 0 Å². The molecule has 0 spiro atoms. The molecule has 0 aliphatic carbocycles. The first-order chi connectivity index (χ1) is 17.1. The number of aliphatic imine (C=N–C) groups is 1. The van der Waals surface area contributed by atoms with E-state index in [1.165, 1.54) is 6.08 Å². The topological polar surface area (TPSA) is 85.3 Å². The molecule has 2 amide bonds. The molecule has 0 heterocycles. The van der Waals surface area contributed by atoms with Crippen molar-refractivity contribution in [1.29, 1.82) is 0 Å². The monoisotopic (exact) mass is 464 g/mol. The second-order valence-corrected chi connectivity index (χ2v) is 7.41. The summed E-state index contributed by atoms with van der Waals surface area (Å²) < 4.78 is 10.8. The summed E-state index contributed by atoms with van der Waals surface area (Å²) in [5.74, 6) is 0.600. The normalized spacial score (nSPS) is 10.1. The molecule has 0 unspecified atom stereocenters. The van der Waals surface area contributed by atoms with Gasteiger partial charge in [0.1, 0.15) is 11.5 Å². The smallest absolute Gasteiger partial charge is 0.410 e. The number of carbonyl (C=O) groups is 2. The predicted molar refractivity (Wildman–Crippen MR) is 131 cm³/mol. The van der Waals surface area contributed by atoms with Crippen LogP contribution >= 0.6 is 0 Å².